The molecular formula is C19H11N3O2. The normalized spacial score (nSPS) is 14.8. The van der Waals surface area contributed by atoms with E-state index in [4.69, 9.17) is 4.74 Å². The molecular weight excluding hydrogens is 302 g/mol. The van der Waals surface area contributed by atoms with Gasteiger partial charge in [0, 0.05) is 11.1 Å². The van der Waals surface area contributed by atoms with Crippen molar-refractivity contribution in [3.05, 3.63) is 70.8 Å². The number of Topliss-reactive ketones (excluding diaryl/α,β-unsaturated/α-hetero) is 1. The third kappa shape index (κ3) is 2.45. The Labute approximate surface area is 138 Å². The molecule has 5 heteroatoms. The van der Waals surface area contributed by atoms with Crippen molar-refractivity contribution in [3.63, 3.8) is 0 Å². The second kappa shape index (κ2) is 6.20. The van der Waals surface area contributed by atoms with Crippen LogP contribution in [0.15, 0.2) is 64.7 Å². The maximum absolute atomic E-state index is 12.4. The van der Waals surface area contributed by atoms with E-state index in [0.29, 0.717) is 28.3 Å². The molecule has 1 aliphatic rings. The molecule has 3 rings (SSSR count). The second-order valence-corrected chi connectivity index (χ2v) is 5.01. The average Bonchev–Trinajstić information content (AvgIpc) is 2.64. The van der Waals surface area contributed by atoms with E-state index in [1.807, 2.05) is 12.1 Å². The summed E-state index contributed by atoms with van der Waals surface area (Å²) in [6.07, 6.45) is 0. The molecule has 5 nitrogen and oxygen atoms in total. The Morgan fingerprint density at radius 3 is 2.12 bits per heavy atom. The molecule has 0 fully saturated rings. The van der Waals surface area contributed by atoms with Crippen LogP contribution in [-0.2, 0) is 0 Å². The molecule has 1 aliphatic carbocycles. The number of allylic oxidation sites excluding steroid dienone is 2. The van der Waals surface area contributed by atoms with Gasteiger partial charge in [0.2, 0.25) is 5.78 Å². The lowest BCUT2D eigenvalue weighted by molar-refractivity contribution is 0.103. The molecule has 0 radical (unpaired) electrons. The quantitative estimate of drug-likeness (QED) is 0.850. The predicted molar refractivity (Wildman–Crippen MR) is 88.2 cm³/mol. The maximum atomic E-state index is 12.4. The van der Waals surface area contributed by atoms with E-state index in [0.717, 1.165) is 0 Å². The van der Waals surface area contributed by atoms with Crippen molar-refractivity contribution in [1.82, 2.24) is 0 Å². The Morgan fingerprint density at radius 1 is 0.917 bits per heavy atom. The lowest BCUT2D eigenvalue weighted by atomic mass is 9.84. The SMILES string of the molecule is COc1ccc(N=C2C(C#N)=C(C#N)C(=O)c3ccccc32)cc1. The van der Waals surface area contributed by atoms with Gasteiger partial charge in [0.05, 0.1) is 18.5 Å². The highest BCUT2D eigenvalue weighted by Crippen LogP contribution is 2.29. The van der Waals surface area contributed by atoms with Gasteiger partial charge in [-0.1, -0.05) is 24.3 Å². The molecule has 114 valence electrons. The first kappa shape index (κ1) is 15.2. The maximum Gasteiger partial charge on any atom is 0.205 e. The van der Waals surface area contributed by atoms with Crippen molar-refractivity contribution in [1.29, 1.82) is 10.5 Å². The number of fused-ring (bicyclic) bond motifs is 1. The summed E-state index contributed by atoms with van der Waals surface area (Å²) in [6.45, 7) is 0. The zero-order valence-corrected chi connectivity index (χ0v) is 12.8. The number of ether oxygens (including phenoxy) is 1. The summed E-state index contributed by atoms with van der Waals surface area (Å²) in [5.41, 5.74) is 1.67. The first-order chi connectivity index (χ1) is 11.7. The summed E-state index contributed by atoms with van der Waals surface area (Å²) in [7, 11) is 1.57. The van der Waals surface area contributed by atoms with Gasteiger partial charge in [0.15, 0.2) is 0 Å². The summed E-state index contributed by atoms with van der Waals surface area (Å²) in [5.74, 6) is 0.241. The van der Waals surface area contributed by atoms with Gasteiger partial charge in [-0.2, -0.15) is 10.5 Å². The fourth-order valence-electron chi connectivity index (χ4n) is 2.51. The van der Waals surface area contributed by atoms with Crippen LogP contribution in [0.1, 0.15) is 15.9 Å². The number of carbonyl (C=O) groups excluding carboxylic acids is 1. The molecule has 0 N–H and O–H groups in total. The van der Waals surface area contributed by atoms with Gasteiger partial charge in [-0.3, -0.25) is 4.79 Å². The number of aliphatic imine (C=N–C) groups is 1. The van der Waals surface area contributed by atoms with Crippen LogP contribution in [0.4, 0.5) is 5.69 Å². The monoisotopic (exact) mass is 313 g/mol. The van der Waals surface area contributed by atoms with Gasteiger partial charge in [-0.15, -0.1) is 0 Å². The first-order valence-corrected chi connectivity index (χ1v) is 7.11. The number of carbonyl (C=O) groups is 1. The van der Waals surface area contributed by atoms with Crippen molar-refractivity contribution in [2.45, 2.75) is 0 Å². The van der Waals surface area contributed by atoms with Crippen molar-refractivity contribution >= 4 is 17.2 Å². The standard InChI is InChI=1S/C19H11N3O2/c1-24-13-8-6-12(7-9-13)22-18-14-4-2-3-5-15(14)19(23)17(11-21)16(18)10-20/h2-9H,1H3. The minimum absolute atomic E-state index is 0.00276. The number of hydrogen-bond donors (Lipinski definition) is 0. The van der Waals surface area contributed by atoms with Crippen LogP contribution in [-0.4, -0.2) is 18.6 Å². The van der Waals surface area contributed by atoms with Crippen LogP contribution in [0.3, 0.4) is 0 Å². The number of hydrogen-bond acceptors (Lipinski definition) is 5. The minimum atomic E-state index is -0.446. The smallest absolute Gasteiger partial charge is 0.205 e. The zero-order chi connectivity index (χ0) is 17.1. The van der Waals surface area contributed by atoms with Crippen molar-refractivity contribution < 1.29 is 9.53 Å². The van der Waals surface area contributed by atoms with Gasteiger partial charge >= 0.3 is 0 Å². The van der Waals surface area contributed by atoms with E-state index in [1.54, 1.807) is 55.6 Å². The van der Waals surface area contributed by atoms with Crippen LogP contribution >= 0.6 is 0 Å². The van der Waals surface area contributed by atoms with E-state index < -0.39 is 5.78 Å². The van der Waals surface area contributed by atoms with E-state index in [-0.39, 0.29) is 11.1 Å². The van der Waals surface area contributed by atoms with E-state index in [2.05, 4.69) is 4.99 Å². The molecule has 0 unspecified atom stereocenters. The van der Waals surface area contributed by atoms with Crippen molar-refractivity contribution in [3.8, 4) is 17.9 Å². The molecule has 0 amide bonds. The molecule has 2 aromatic carbocycles. The zero-order valence-electron chi connectivity index (χ0n) is 12.8. The molecule has 2 aromatic rings. The summed E-state index contributed by atoms with van der Waals surface area (Å²) in [6, 6.07) is 17.6. The van der Waals surface area contributed by atoms with Crippen LogP contribution in [0.2, 0.25) is 0 Å². The number of methoxy groups -OCH3 is 1. The van der Waals surface area contributed by atoms with Crippen LogP contribution in [0.5, 0.6) is 5.75 Å². The number of rotatable bonds is 2. The molecule has 0 aliphatic heterocycles. The molecule has 0 bridgehead atoms. The third-order valence-electron chi connectivity index (χ3n) is 3.68. The highest BCUT2D eigenvalue weighted by molar-refractivity contribution is 6.31. The Hall–Kier alpha value is -3.70. The summed E-state index contributed by atoms with van der Waals surface area (Å²) in [5, 5.41) is 18.7. The van der Waals surface area contributed by atoms with Gasteiger partial charge in [-0.25, -0.2) is 4.99 Å². The Kier molecular flexibility index (Phi) is 3.93. The fourth-order valence-corrected chi connectivity index (χ4v) is 2.51. The molecule has 24 heavy (non-hydrogen) atoms. The summed E-state index contributed by atoms with van der Waals surface area (Å²) >= 11 is 0. The lowest BCUT2D eigenvalue weighted by Crippen LogP contribution is -2.21. The lowest BCUT2D eigenvalue weighted by Gasteiger charge is -2.17. The molecule has 0 atom stereocenters. The topological polar surface area (TPSA) is 86.2 Å². The van der Waals surface area contributed by atoms with Gasteiger partial charge < -0.3 is 4.74 Å². The molecule has 0 saturated heterocycles. The molecule has 0 aromatic heterocycles. The number of nitrogens with zero attached hydrogens (tertiary/aromatic N) is 3. The predicted octanol–water partition coefficient (Wildman–Crippen LogP) is 3.36. The Bertz CT molecular complexity index is 971. The second-order valence-electron chi connectivity index (χ2n) is 5.01. The van der Waals surface area contributed by atoms with Crippen LogP contribution in [0, 0.1) is 22.7 Å². The van der Waals surface area contributed by atoms with Crippen LogP contribution in [0.25, 0.3) is 0 Å². The average molecular weight is 313 g/mol. The molecule has 0 saturated carbocycles. The first-order valence-electron chi connectivity index (χ1n) is 7.11. The number of benzene rings is 2. The third-order valence-corrected chi connectivity index (χ3v) is 3.68. The fraction of sp³-hybridized carbons (Fsp3) is 0.0526. The number of nitriles is 2. The van der Waals surface area contributed by atoms with Crippen LogP contribution < -0.4 is 4.74 Å². The van der Waals surface area contributed by atoms with Gasteiger partial charge in [0.25, 0.3) is 0 Å². The van der Waals surface area contributed by atoms with Crippen molar-refractivity contribution in [2.75, 3.05) is 7.11 Å². The highest BCUT2D eigenvalue weighted by atomic mass is 16.5. The Morgan fingerprint density at radius 2 is 1.54 bits per heavy atom. The van der Waals surface area contributed by atoms with Gasteiger partial charge in [-0.05, 0) is 24.3 Å². The van der Waals surface area contributed by atoms with Crippen molar-refractivity contribution in [2.24, 2.45) is 4.99 Å². The molecule has 0 heterocycles. The Balaban J connectivity index is 2.24. The largest absolute Gasteiger partial charge is 0.497 e. The van der Waals surface area contributed by atoms with E-state index >= 15 is 0 Å². The van der Waals surface area contributed by atoms with E-state index in [9.17, 15) is 15.3 Å². The highest BCUT2D eigenvalue weighted by Gasteiger charge is 2.30. The number of ketones is 1. The summed E-state index contributed by atoms with van der Waals surface area (Å²) in [4.78, 5) is 16.9. The van der Waals surface area contributed by atoms with Gasteiger partial charge in [0.1, 0.15) is 29.0 Å². The molecule has 0 spiro atoms. The summed E-state index contributed by atoms with van der Waals surface area (Å²) < 4.78 is 5.11. The van der Waals surface area contributed by atoms with E-state index in [1.165, 1.54) is 0 Å². The minimum Gasteiger partial charge on any atom is -0.497 e.